The number of hydrogen-bond donors (Lipinski definition) is 2. The summed E-state index contributed by atoms with van der Waals surface area (Å²) in [5.41, 5.74) is 9.28. The Bertz CT molecular complexity index is 1020. The van der Waals surface area contributed by atoms with Crippen molar-refractivity contribution in [3.8, 4) is 11.4 Å². The fraction of sp³-hybridized carbons (Fsp3) is 0.111. The number of fused-ring (bicyclic) bond motifs is 1. The third-order valence-corrected chi connectivity index (χ3v) is 3.92. The first-order valence-electron chi connectivity index (χ1n) is 7.89. The largest absolute Gasteiger partial charge is 0.399 e. The number of hydrogen-bond acceptors (Lipinski definition) is 6. The van der Waals surface area contributed by atoms with Crippen molar-refractivity contribution in [2.75, 3.05) is 11.1 Å². The highest BCUT2D eigenvalue weighted by molar-refractivity contribution is 5.88. The number of nitrogens with two attached hydrogens (primary N) is 1. The lowest BCUT2D eigenvalue weighted by Gasteiger charge is -2.09. The van der Waals surface area contributed by atoms with Crippen molar-refractivity contribution in [2.24, 2.45) is 7.05 Å². The molecule has 0 fully saturated rings. The van der Waals surface area contributed by atoms with Crippen LogP contribution in [-0.4, -0.2) is 24.7 Å². The topological polar surface area (TPSA) is 94.5 Å². The number of nitrogen functional groups attached to an aromatic ring is 1. The van der Waals surface area contributed by atoms with E-state index in [9.17, 15) is 0 Å². The monoisotopic (exact) mass is 331 g/mol. The first kappa shape index (κ1) is 15.1. The van der Waals surface area contributed by atoms with Crippen LogP contribution < -0.4 is 11.1 Å². The molecule has 3 aromatic heterocycles. The minimum Gasteiger partial charge on any atom is -0.399 e. The van der Waals surface area contributed by atoms with Gasteiger partial charge in [-0.25, -0.2) is 9.97 Å². The summed E-state index contributed by atoms with van der Waals surface area (Å²) in [5, 5.41) is 8.54. The van der Waals surface area contributed by atoms with Crippen molar-refractivity contribution in [2.45, 2.75) is 6.54 Å². The standard InChI is InChI=1S/C18H17N7/c1-25-18-15(11-22-25)17(21-10-12-4-3-7-20-9-12)23-16(24-18)13-5-2-6-14(19)8-13/h2-9,11H,10,19H2,1H3,(H,21,23,24). The van der Waals surface area contributed by atoms with Crippen LogP contribution >= 0.6 is 0 Å². The van der Waals surface area contributed by atoms with Crippen LogP contribution in [0.1, 0.15) is 5.56 Å². The van der Waals surface area contributed by atoms with E-state index < -0.39 is 0 Å². The molecule has 0 atom stereocenters. The molecule has 0 saturated heterocycles. The third-order valence-electron chi connectivity index (χ3n) is 3.92. The highest BCUT2D eigenvalue weighted by atomic mass is 15.3. The zero-order valence-corrected chi connectivity index (χ0v) is 13.7. The molecule has 124 valence electrons. The van der Waals surface area contributed by atoms with E-state index in [0.717, 1.165) is 28.0 Å². The Balaban J connectivity index is 1.77. The van der Waals surface area contributed by atoms with Gasteiger partial charge >= 0.3 is 0 Å². The summed E-state index contributed by atoms with van der Waals surface area (Å²) in [4.78, 5) is 13.5. The molecule has 0 spiro atoms. The molecule has 3 heterocycles. The van der Waals surface area contributed by atoms with Gasteiger partial charge in [-0.05, 0) is 23.8 Å². The van der Waals surface area contributed by atoms with E-state index in [1.165, 1.54) is 0 Å². The maximum absolute atomic E-state index is 5.90. The van der Waals surface area contributed by atoms with Gasteiger partial charge in [0.2, 0.25) is 0 Å². The maximum atomic E-state index is 5.90. The SMILES string of the molecule is Cn1ncc2c(NCc3cccnc3)nc(-c3cccc(N)c3)nc21. The fourth-order valence-electron chi connectivity index (χ4n) is 2.65. The number of pyridine rings is 1. The maximum Gasteiger partial charge on any atom is 0.164 e. The van der Waals surface area contributed by atoms with Crippen LogP contribution in [0.2, 0.25) is 0 Å². The van der Waals surface area contributed by atoms with Crippen LogP contribution in [-0.2, 0) is 13.6 Å². The molecule has 1 aromatic carbocycles. The van der Waals surface area contributed by atoms with Crippen molar-refractivity contribution in [1.82, 2.24) is 24.7 Å². The molecule has 25 heavy (non-hydrogen) atoms. The highest BCUT2D eigenvalue weighted by Crippen LogP contribution is 2.25. The van der Waals surface area contributed by atoms with Crippen LogP contribution in [0.5, 0.6) is 0 Å². The number of nitrogens with one attached hydrogen (secondary N) is 1. The third kappa shape index (κ3) is 2.99. The molecule has 0 unspecified atom stereocenters. The molecule has 3 N–H and O–H groups in total. The first-order chi connectivity index (χ1) is 12.2. The second-order valence-electron chi connectivity index (χ2n) is 5.74. The quantitative estimate of drug-likeness (QED) is 0.558. The molecule has 0 saturated carbocycles. The summed E-state index contributed by atoms with van der Waals surface area (Å²) in [5.74, 6) is 1.34. The Hall–Kier alpha value is -3.48. The molecule has 0 bridgehead atoms. The Labute approximate surface area is 144 Å². The van der Waals surface area contributed by atoms with Crippen LogP contribution in [0.4, 0.5) is 11.5 Å². The molecule has 0 aliphatic rings. The second kappa shape index (κ2) is 6.20. The highest BCUT2D eigenvalue weighted by Gasteiger charge is 2.13. The summed E-state index contributed by atoms with van der Waals surface area (Å²) >= 11 is 0. The zero-order chi connectivity index (χ0) is 17.2. The average Bonchev–Trinajstić information content (AvgIpc) is 3.02. The van der Waals surface area contributed by atoms with Gasteiger partial charge < -0.3 is 11.1 Å². The van der Waals surface area contributed by atoms with Crippen molar-refractivity contribution >= 4 is 22.5 Å². The molecule has 7 heteroatoms. The van der Waals surface area contributed by atoms with Gasteiger partial charge in [-0.2, -0.15) is 5.10 Å². The predicted octanol–water partition coefficient (Wildman–Crippen LogP) is 2.62. The average molecular weight is 331 g/mol. The van der Waals surface area contributed by atoms with Gasteiger partial charge in [0.25, 0.3) is 0 Å². The Morgan fingerprint density at radius 2 is 2.04 bits per heavy atom. The minimum atomic E-state index is 0.608. The zero-order valence-electron chi connectivity index (χ0n) is 13.7. The summed E-state index contributed by atoms with van der Waals surface area (Å²) in [6.45, 7) is 0.616. The van der Waals surface area contributed by atoms with Crippen LogP contribution in [0.25, 0.3) is 22.4 Å². The second-order valence-corrected chi connectivity index (χ2v) is 5.74. The number of nitrogens with zero attached hydrogens (tertiary/aromatic N) is 5. The lowest BCUT2D eigenvalue weighted by Crippen LogP contribution is -2.05. The molecule has 0 aliphatic carbocycles. The Morgan fingerprint density at radius 1 is 1.12 bits per heavy atom. The molecular weight excluding hydrogens is 314 g/mol. The number of anilines is 2. The van der Waals surface area contributed by atoms with Crippen molar-refractivity contribution < 1.29 is 0 Å². The molecule has 0 radical (unpaired) electrons. The molecule has 4 rings (SSSR count). The van der Waals surface area contributed by atoms with E-state index in [2.05, 4.69) is 25.4 Å². The minimum absolute atomic E-state index is 0.608. The summed E-state index contributed by atoms with van der Waals surface area (Å²) in [6, 6.07) is 11.5. The predicted molar refractivity (Wildman–Crippen MR) is 97.7 cm³/mol. The Kier molecular flexibility index (Phi) is 3.74. The van der Waals surface area contributed by atoms with Crippen LogP contribution in [0.15, 0.2) is 55.0 Å². The van der Waals surface area contributed by atoms with E-state index in [1.807, 2.05) is 49.6 Å². The van der Waals surface area contributed by atoms with Crippen LogP contribution in [0.3, 0.4) is 0 Å². The van der Waals surface area contributed by atoms with E-state index in [0.29, 0.717) is 18.1 Å². The van der Waals surface area contributed by atoms with Gasteiger partial charge in [-0.3, -0.25) is 9.67 Å². The number of aromatic nitrogens is 5. The molecular formula is C18H17N7. The van der Waals surface area contributed by atoms with Gasteiger partial charge in [-0.15, -0.1) is 0 Å². The summed E-state index contributed by atoms with van der Waals surface area (Å²) < 4.78 is 1.74. The first-order valence-corrected chi connectivity index (χ1v) is 7.89. The number of rotatable bonds is 4. The van der Waals surface area contributed by atoms with Gasteiger partial charge in [0.15, 0.2) is 11.5 Å². The Morgan fingerprint density at radius 3 is 2.84 bits per heavy atom. The van der Waals surface area contributed by atoms with Crippen LogP contribution in [0, 0.1) is 0 Å². The molecule has 0 aliphatic heterocycles. The van der Waals surface area contributed by atoms with Crippen molar-refractivity contribution in [3.05, 3.63) is 60.6 Å². The molecule has 7 nitrogen and oxygen atoms in total. The van der Waals surface area contributed by atoms with Crippen molar-refractivity contribution in [3.63, 3.8) is 0 Å². The van der Waals surface area contributed by atoms with E-state index >= 15 is 0 Å². The normalized spacial score (nSPS) is 10.9. The summed E-state index contributed by atoms with van der Waals surface area (Å²) in [7, 11) is 1.86. The molecule has 4 aromatic rings. The van der Waals surface area contributed by atoms with E-state index in [1.54, 1.807) is 17.1 Å². The fourth-order valence-corrected chi connectivity index (χ4v) is 2.65. The van der Waals surface area contributed by atoms with E-state index in [-0.39, 0.29) is 0 Å². The van der Waals surface area contributed by atoms with Gasteiger partial charge in [0.05, 0.1) is 11.6 Å². The number of benzene rings is 1. The summed E-state index contributed by atoms with van der Waals surface area (Å²) in [6.07, 6.45) is 5.35. The lowest BCUT2D eigenvalue weighted by atomic mass is 10.2. The van der Waals surface area contributed by atoms with Crippen molar-refractivity contribution in [1.29, 1.82) is 0 Å². The van der Waals surface area contributed by atoms with Gasteiger partial charge in [0, 0.05) is 37.2 Å². The molecule has 0 amide bonds. The van der Waals surface area contributed by atoms with E-state index in [4.69, 9.17) is 5.73 Å². The number of aryl methyl sites for hydroxylation is 1. The lowest BCUT2D eigenvalue weighted by molar-refractivity contribution is 0.786. The van der Waals surface area contributed by atoms with Gasteiger partial charge in [0.1, 0.15) is 5.82 Å². The van der Waals surface area contributed by atoms with Gasteiger partial charge in [-0.1, -0.05) is 18.2 Å². The smallest absolute Gasteiger partial charge is 0.164 e.